The number of rotatable bonds is 5. The fourth-order valence-corrected chi connectivity index (χ4v) is 5.01. The van der Waals surface area contributed by atoms with Crippen LogP contribution in [0.25, 0.3) is 11.0 Å². The number of nitrogens with two attached hydrogens (primary N) is 1. The molecule has 1 heterocycles. The lowest BCUT2D eigenvalue weighted by Crippen LogP contribution is -2.40. The van der Waals surface area contributed by atoms with Crippen molar-refractivity contribution in [3.05, 3.63) is 28.7 Å². The van der Waals surface area contributed by atoms with Gasteiger partial charge in [-0.2, -0.15) is 0 Å². The molecule has 6 heteroatoms. The van der Waals surface area contributed by atoms with Gasteiger partial charge in [0.05, 0.1) is 11.0 Å². The first-order valence-corrected chi connectivity index (χ1v) is 11.1. The quantitative estimate of drug-likeness (QED) is 0.789. The molecule has 3 rings (SSSR count). The molecule has 0 aliphatic heterocycles. The van der Waals surface area contributed by atoms with Crippen molar-refractivity contribution in [2.45, 2.75) is 51.5 Å². The molecule has 27 heavy (non-hydrogen) atoms. The van der Waals surface area contributed by atoms with Crippen LogP contribution in [0.3, 0.4) is 0 Å². The van der Waals surface area contributed by atoms with Gasteiger partial charge in [-0.15, -0.1) is 11.8 Å². The molecular weight excluding hydrogens is 358 g/mol. The van der Waals surface area contributed by atoms with Crippen molar-refractivity contribution in [2.75, 3.05) is 12.8 Å². The molecule has 1 fully saturated rings. The first kappa shape index (κ1) is 20.2. The SMILES string of the molecule is CSc1ccc2c(c1)n(CCN)c(=O)n2C(=O)[C@@H]1C[C@H](C)CC[C@H]1C(C)C. The van der Waals surface area contributed by atoms with E-state index < -0.39 is 0 Å². The van der Waals surface area contributed by atoms with E-state index in [4.69, 9.17) is 5.73 Å². The summed E-state index contributed by atoms with van der Waals surface area (Å²) < 4.78 is 3.08. The maximum absolute atomic E-state index is 13.6. The molecule has 1 aliphatic carbocycles. The highest BCUT2D eigenvalue weighted by Crippen LogP contribution is 2.39. The van der Waals surface area contributed by atoms with Crippen LogP contribution in [0, 0.1) is 23.7 Å². The molecule has 0 saturated heterocycles. The number of carbonyl (C=O) groups excluding carboxylic acids is 1. The lowest BCUT2D eigenvalue weighted by Gasteiger charge is -2.36. The summed E-state index contributed by atoms with van der Waals surface area (Å²) >= 11 is 1.63. The normalized spacial score (nSPS) is 23.3. The monoisotopic (exact) mass is 389 g/mol. The molecular formula is C21H31N3O2S. The van der Waals surface area contributed by atoms with Gasteiger partial charge in [-0.1, -0.05) is 27.2 Å². The highest BCUT2D eigenvalue weighted by Gasteiger charge is 2.37. The Labute approximate surface area is 165 Å². The van der Waals surface area contributed by atoms with Crippen molar-refractivity contribution in [3.8, 4) is 0 Å². The Hall–Kier alpha value is -1.53. The van der Waals surface area contributed by atoms with Crippen LogP contribution >= 0.6 is 11.8 Å². The minimum Gasteiger partial charge on any atom is -0.329 e. The highest BCUT2D eigenvalue weighted by atomic mass is 32.2. The van der Waals surface area contributed by atoms with Crippen molar-refractivity contribution in [2.24, 2.45) is 29.4 Å². The third-order valence-corrected chi connectivity index (χ3v) is 6.77. The lowest BCUT2D eigenvalue weighted by molar-refractivity contribution is 0.0633. The topological polar surface area (TPSA) is 70.0 Å². The van der Waals surface area contributed by atoms with E-state index >= 15 is 0 Å². The van der Waals surface area contributed by atoms with E-state index in [-0.39, 0.29) is 17.5 Å². The number of aromatic nitrogens is 2. The van der Waals surface area contributed by atoms with Gasteiger partial charge in [0, 0.05) is 23.9 Å². The summed E-state index contributed by atoms with van der Waals surface area (Å²) in [5.41, 5.74) is 7.00. The number of imidazole rings is 1. The first-order valence-electron chi connectivity index (χ1n) is 9.92. The van der Waals surface area contributed by atoms with Crippen LogP contribution in [0.15, 0.2) is 27.9 Å². The minimum atomic E-state index is -0.251. The van der Waals surface area contributed by atoms with Crippen LogP contribution in [0.5, 0.6) is 0 Å². The summed E-state index contributed by atoms with van der Waals surface area (Å²) in [6, 6.07) is 5.88. The van der Waals surface area contributed by atoms with Gasteiger partial charge in [-0.3, -0.25) is 9.36 Å². The smallest absolute Gasteiger partial charge is 0.329 e. The van der Waals surface area contributed by atoms with E-state index in [1.54, 1.807) is 16.3 Å². The zero-order valence-corrected chi connectivity index (χ0v) is 17.6. The van der Waals surface area contributed by atoms with Gasteiger partial charge in [0.15, 0.2) is 0 Å². The van der Waals surface area contributed by atoms with Crippen LogP contribution in [-0.4, -0.2) is 27.8 Å². The highest BCUT2D eigenvalue weighted by molar-refractivity contribution is 7.98. The fraction of sp³-hybridized carbons (Fsp3) is 0.619. The number of nitrogens with zero attached hydrogens (tertiary/aromatic N) is 2. The van der Waals surface area contributed by atoms with Gasteiger partial charge in [0.25, 0.3) is 0 Å². The van der Waals surface area contributed by atoms with Gasteiger partial charge in [-0.25, -0.2) is 9.36 Å². The van der Waals surface area contributed by atoms with Crippen molar-refractivity contribution in [1.82, 2.24) is 9.13 Å². The third-order valence-electron chi connectivity index (χ3n) is 6.05. The Morgan fingerprint density at radius 3 is 2.67 bits per heavy atom. The standard InChI is InChI=1S/C21H31N3O2S/c1-13(2)16-7-5-14(3)11-17(16)20(25)24-18-8-6-15(27-4)12-19(18)23(10-9-22)21(24)26/h6,8,12-14,16-17H,5,7,9-11,22H2,1-4H3/t14-,16+,17-/m1/s1. The van der Waals surface area contributed by atoms with Gasteiger partial charge in [0.1, 0.15) is 0 Å². The Morgan fingerprint density at radius 1 is 1.30 bits per heavy atom. The second-order valence-electron chi connectivity index (χ2n) is 8.18. The molecule has 148 valence electrons. The van der Waals surface area contributed by atoms with E-state index in [0.29, 0.717) is 36.4 Å². The number of hydrogen-bond donors (Lipinski definition) is 1. The molecule has 5 nitrogen and oxygen atoms in total. The summed E-state index contributed by atoms with van der Waals surface area (Å²) in [6.07, 6.45) is 5.08. The number of fused-ring (bicyclic) bond motifs is 1. The molecule has 1 aliphatic rings. The number of hydrogen-bond acceptors (Lipinski definition) is 4. The minimum absolute atomic E-state index is 0.0390. The van der Waals surface area contributed by atoms with Crippen LogP contribution in [-0.2, 0) is 6.54 Å². The second kappa shape index (κ2) is 8.23. The first-order chi connectivity index (χ1) is 12.9. The Balaban J connectivity index is 2.13. The average molecular weight is 390 g/mol. The summed E-state index contributed by atoms with van der Waals surface area (Å²) in [6.45, 7) is 7.37. The maximum atomic E-state index is 13.6. The van der Waals surface area contributed by atoms with Gasteiger partial charge >= 0.3 is 5.69 Å². The number of thioether (sulfide) groups is 1. The molecule has 1 saturated carbocycles. The largest absolute Gasteiger partial charge is 0.336 e. The Kier molecular flexibility index (Phi) is 6.16. The zero-order chi connectivity index (χ0) is 19.7. The summed E-state index contributed by atoms with van der Waals surface area (Å²) in [4.78, 5) is 27.8. The molecule has 1 aromatic heterocycles. The maximum Gasteiger partial charge on any atom is 0.336 e. The summed E-state index contributed by atoms with van der Waals surface area (Å²) in [7, 11) is 0. The van der Waals surface area contributed by atoms with E-state index in [9.17, 15) is 9.59 Å². The molecule has 0 bridgehead atoms. The van der Waals surface area contributed by atoms with Gasteiger partial charge < -0.3 is 5.73 Å². The number of carbonyl (C=O) groups is 1. The van der Waals surface area contributed by atoms with Crippen molar-refractivity contribution in [1.29, 1.82) is 0 Å². The molecule has 3 atom stereocenters. The van der Waals surface area contributed by atoms with E-state index in [0.717, 1.165) is 29.7 Å². The molecule has 0 radical (unpaired) electrons. The predicted octanol–water partition coefficient (Wildman–Crippen LogP) is 3.83. The summed E-state index contributed by atoms with van der Waals surface area (Å²) in [5.74, 6) is 1.15. The predicted molar refractivity (Wildman–Crippen MR) is 112 cm³/mol. The van der Waals surface area contributed by atoms with Crippen molar-refractivity contribution < 1.29 is 4.79 Å². The van der Waals surface area contributed by atoms with Crippen LogP contribution < -0.4 is 11.4 Å². The molecule has 1 aromatic carbocycles. The fourth-order valence-electron chi connectivity index (χ4n) is 4.57. The lowest BCUT2D eigenvalue weighted by atomic mass is 9.69. The Morgan fingerprint density at radius 2 is 2.04 bits per heavy atom. The summed E-state index contributed by atoms with van der Waals surface area (Å²) in [5, 5.41) is 0. The van der Waals surface area contributed by atoms with Gasteiger partial charge in [0.2, 0.25) is 5.91 Å². The molecule has 2 aromatic rings. The van der Waals surface area contributed by atoms with E-state index in [2.05, 4.69) is 20.8 Å². The Bertz CT molecular complexity index is 883. The number of benzene rings is 1. The van der Waals surface area contributed by atoms with Crippen LogP contribution in [0.2, 0.25) is 0 Å². The van der Waals surface area contributed by atoms with Crippen molar-refractivity contribution in [3.63, 3.8) is 0 Å². The molecule has 0 spiro atoms. The third kappa shape index (κ3) is 3.74. The van der Waals surface area contributed by atoms with Crippen LogP contribution in [0.4, 0.5) is 0 Å². The molecule has 0 amide bonds. The van der Waals surface area contributed by atoms with E-state index in [1.165, 1.54) is 4.57 Å². The van der Waals surface area contributed by atoms with Crippen molar-refractivity contribution >= 4 is 28.7 Å². The van der Waals surface area contributed by atoms with E-state index in [1.807, 2.05) is 24.5 Å². The average Bonchev–Trinajstić information content (AvgIpc) is 2.92. The molecule has 2 N–H and O–H groups in total. The second-order valence-corrected chi connectivity index (χ2v) is 9.06. The van der Waals surface area contributed by atoms with Gasteiger partial charge in [-0.05, 0) is 55.1 Å². The molecule has 0 unspecified atom stereocenters. The zero-order valence-electron chi connectivity index (χ0n) is 16.8. The van der Waals surface area contributed by atoms with Crippen LogP contribution in [0.1, 0.15) is 44.8 Å².